The summed E-state index contributed by atoms with van der Waals surface area (Å²) in [7, 11) is 0. The normalized spacial score (nSPS) is 21.4. The molecule has 0 aromatic carbocycles. The van der Waals surface area contributed by atoms with Gasteiger partial charge in [0, 0.05) is 25.5 Å². The van der Waals surface area contributed by atoms with Crippen LogP contribution in [0.3, 0.4) is 0 Å². The lowest BCUT2D eigenvalue weighted by Gasteiger charge is -2.16. The lowest BCUT2D eigenvalue weighted by atomic mass is 10.1. The van der Waals surface area contributed by atoms with Gasteiger partial charge in [-0.1, -0.05) is 6.92 Å². The number of carbonyl (C=O) groups excluding carboxylic acids is 1. The van der Waals surface area contributed by atoms with Crippen molar-refractivity contribution in [2.45, 2.75) is 13.0 Å². The van der Waals surface area contributed by atoms with Gasteiger partial charge in [0.2, 0.25) is 0 Å². The molecule has 2 unspecified atom stereocenters. The van der Waals surface area contributed by atoms with Crippen LogP contribution >= 0.6 is 0 Å². The van der Waals surface area contributed by atoms with Crippen molar-refractivity contribution in [2.75, 3.05) is 13.1 Å². The number of H-pyrrole nitrogens is 1. The summed E-state index contributed by atoms with van der Waals surface area (Å²) < 4.78 is 0. The van der Waals surface area contributed by atoms with Crippen LogP contribution in [0.5, 0.6) is 0 Å². The third kappa shape index (κ3) is 2.41. The molecule has 0 saturated carbocycles. The van der Waals surface area contributed by atoms with Crippen LogP contribution in [0, 0.1) is 5.92 Å². The van der Waals surface area contributed by atoms with Gasteiger partial charge in [-0.05, 0) is 11.6 Å². The number of hydrogen-bond donors (Lipinski definition) is 3. The molecule has 2 amide bonds. The average Bonchev–Trinajstić information content (AvgIpc) is 2.88. The van der Waals surface area contributed by atoms with Crippen LogP contribution in [-0.2, 0) is 4.79 Å². The van der Waals surface area contributed by atoms with Gasteiger partial charge in [-0.3, -0.25) is 4.79 Å². The quantitative estimate of drug-likeness (QED) is 0.724. The van der Waals surface area contributed by atoms with Crippen LogP contribution in [-0.4, -0.2) is 40.1 Å². The molecule has 1 aliphatic heterocycles. The van der Waals surface area contributed by atoms with Gasteiger partial charge in [-0.2, -0.15) is 0 Å². The van der Waals surface area contributed by atoms with Crippen LogP contribution in [0.1, 0.15) is 18.5 Å². The van der Waals surface area contributed by atoms with Crippen molar-refractivity contribution in [3.63, 3.8) is 0 Å². The van der Waals surface area contributed by atoms with Crippen molar-refractivity contribution >= 4 is 12.0 Å². The van der Waals surface area contributed by atoms with E-state index in [1.165, 1.54) is 4.90 Å². The molecule has 1 saturated heterocycles. The summed E-state index contributed by atoms with van der Waals surface area (Å²) in [6.07, 6.45) is 3.62. The van der Waals surface area contributed by atoms with Crippen molar-refractivity contribution in [1.29, 1.82) is 0 Å². The number of aromatic amines is 1. The maximum atomic E-state index is 11.6. The van der Waals surface area contributed by atoms with Crippen molar-refractivity contribution in [3.05, 3.63) is 24.0 Å². The van der Waals surface area contributed by atoms with E-state index in [1.54, 1.807) is 13.1 Å². The Labute approximate surface area is 98.6 Å². The number of carboxylic acids is 1. The van der Waals surface area contributed by atoms with E-state index in [-0.39, 0.29) is 18.6 Å². The molecule has 6 heteroatoms. The zero-order chi connectivity index (χ0) is 12.4. The van der Waals surface area contributed by atoms with Crippen LogP contribution < -0.4 is 5.32 Å². The number of amides is 2. The van der Waals surface area contributed by atoms with E-state index >= 15 is 0 Å². The fourth-order valence-corrected chi connectivity index (χ4v) is 1.90. The molecular formula is C11H15N3O3. The van der Waals surface area contributed by atoms with Gasteiger partial charge in [0.15, 0.2) is 0 Å². The highest BCUT2D eigenvalue weighted by Crippen LogP contribution is 2.20. The molecular weight excluding hydrogens is 222 g/mol. The van der Waals surface area contributed by atoms with Crippen LogP contribution in [0.25, 0.3) is 0 Å². The fraction of sp³-hybridized carbons (Fsp3) is 0.455. The van der Waals surface area contributed by atoms with E-state index in [9.17, 15) is 9.59 Å². The van der Waals surface area contributed by atoms with Crippen LogP contribution in [0.4, 0.5) is 4.79 Å². The third-order valence-corrected chi connectivity index (χ3v) is 2.93. The summed E-state index contributed by atoms with van der Waals surface area (Å²) in [6, 6.07) is 1.63. The highest BCUT2D eigenvalue weighted by atomic mass is 16.4. The number of carbonyl (C=O) groups is 2. The number of urea groups is 1. The highest BCUT2D eigenvalue weighted by Gasteiger charge is 2.31. The molecule has 0 aliphatic carbocycles. The van der Waals surface area contributed by atoms with Crippen molar-refractivity contribution in [3.8, 4) is 0 Å². The van der Waals surface area contributed by atoms with Crippen molar-refractivity contribution in [2.24, 2.45) is 5.92 Å². The minimum absolute atomic E-state index is 0.0604. The van der Waals surface area contributed by atoms with E-state index in [1.807, 2.05) is 12.3 Å². The zero-order valence-electron chi connectivity index (χ0n) is 9.51. The fourth-order valence-electron chi connectivity index (χ4n) is 1.90. The number of rotatable bonds is 4. The van der Waals surface area contributed by atoms with Gasteiger partial charge < -0.3 is 20.3 Å². The Hall–Kier alpha value is -1.98. The number of aromatic nitrogens is 1. The second-order valence-electron chi connectivity index (χ2n) is 4.29. The molecule has 1 aliphatic rings. The molecule has 17 heavy (non-hydrogen) atoms. The van der Waals surface area contributed by atoms with Gasteiger partial charge >= 0.3 is 12.0 Å². The monoisotopic (exact) mass is 237 g/mol. The molecule has 0 radical (unpaired) electrons. The summed E-state index contributed by atoms with van der Waals surface area (Å²) >= 11 is 0. The summed E-state index contributed by atoms with van der Waals surface area (Å²) in [5, 5.41) is 11.6. The number of aliphatic carboxylic acids is 1. The van der Waals surface area contributed by atoms with Gasteiger partial charge in [0.25, 0.3) is 0 Å². The highest BCUT2D eigenvalue weighted by molar-refractivity contribution is 5.78. The van der Waals surface area contributed by atoms with Crippen LogP contribution in [0.2, 0.25) is 0 Å². The largest absolute Gasteiger partial charge is 0.481 e. The minimum atomic E-state index is -0.886. The number of nitrogens with zero attached hydrogens (tertiary/aromatic N) is 1. The molecule has 2 atom stereocenters. The summed E-state index contributed by atoms with van der Waals surface area (Å²) in [5.74, 6) is -1.44. The third-order valence-electron chi connectivity index (χ3n) is 2.93. The maximum absolute atomic E-state index is 11.6. The second-order valence-corrected chi connectivity index (χ2v) is 4.29. The molecule has 1 aromatic heterocycles. The Morgan fingerprint density at radius 2 is 2.47 bits per heavy atom. The minimum Gasteiger partial charge on any atom is -0.481 e. The predicted octanol–water partition coefficient (Wildman–Crippen LogP) is 0.802. The molecule has 6 nitrogen and oxygen atoms in total. The Kier molecular flexibility index (Phi) is 3.03. The molecule has 3 N–H and O–H groups in total. The molecule has 2 rings (SSSR count). The van der Waals surface area contributed by atoms with E-state index in [4.69, 9.17) is 5.11 Å². The van der Waals surface area contributed by atoms with Gasteiger partial charge in [0.1, 0.15) is 0 Å². The lowest BCUT2D eigenvalue weighted by Crippen LogP contribution is -2.34. The molecule has 1 aromatic rings. The van der Waals surface area contributed by atoms with Gasteiger partial charge in [0.05, 0.1) is 12.0 Å². The molecule has 0 bridgehead atoms. The first kappa shape index (κ1) is 11.5. The number of nitrogens with one attached hydrogen (secondary N) is 2. The smallest absolute Gasteiger partial charge is 0.318 e. The first-order valence-corrected chi connectivity index (χ1v) is 5.49. The lowest BCUT2D eigenvalue weighted by molar-refractivity contribution is -0.141. The first-order valence-electron chi connectivity index (χ1n) is 5.49. The Morgan fingerprint density at radius 3 is 3.06 bits per heavy atom. The summed E-state index contributed by atoms with van der Waals surface area (Å²) in [6.45, 7) is 2.34. The van der Waals surface area contributed by atoms with E-state index < -0.39 is 11.9 Å². The predicted molar refractivity (Wildman–Crippen MR) is 60.4 cm³/mol. The number of carboxylic acid groups (broad SMARTS) is 1. The van der Waals surface area contributed by atoms with E-state index in [0.29, 0.717) is 6.54 Å². The van der Waals surface area contributed by atoms with Crippen molar-refractivity contribution in [1.82, 2.24) is 15.2 Å². The summed E-state index contributed by atoms with van der Waals surface area (Å²) in [4.78, 5) is 26.9. The summed E-state index contributed by atoms with van der Waals surface area (Å²) in [5.41, 5.74) is 1.00. The Bertz CT molecular complexity index is 416. The maximum Gasteiger partial charge on any atom is 0.318 e. The molecule has 2 heterocycles. The Morgan fingerprint density at radius 1 is 1.71 bits per heavy atom. The standard InChI is InChI=1S/C11H15N3O3/c1-7(10(15)16)5-14-6-9(13-11(14)17)8-2-3-12-4-8/h2-4,7,9,12H,5-6H2,1H3,(H,13,17)(H,15,16). The SMILES string of the molecule is CC(CN1CC(c2cc[nH]c2)NC1=O)C(=O)O. The van der Waals surface area contributed by atoms with Gasteiger partial charge in [-0.15, -0.1) is 0 Å². The average molecular weight is 237 g/mol. The van der Waals surface area contributed by atoms with E-state index in [0.717, 1.165) is 5.56 Å². The topological polar surface area (TPSA) is 85.4 Å². The molecule has 0 spiro atoms. The first-order chi connectivity index (χ1) is 8.08. The van der Waals surface area contributed by atoms with Crippen LogP contribution in [0.15, 0.2) is 18.5 Å². The molecule has 1 fully saturated rings. The number of hydrogen-bond acceptors (Lipinski definition) is 2. The zero-order valence-corrected chi connectivity index (χ0v) is 9.51. The molecule has 92 valence electrons. The van der Waals surface area contributed by atoms with E-state index in [2.05, 4.69) is 10.3 Å². The second kappa shape index (κ2) is 4.48. The van der Waals surface area contributed by atoms with Crippen molar-refractivity contribution < 1.29 is 14.7 Å². The Balaban J connectivity index is 1.98. The van der Waals surface area contributed by atoms with Gasteiger partial charge in [-0.25, -0.2) is 4.79 Å².